The summed E-state index contributed by atoms with van der Waals surface area (Å²) < 4.78 is 1.83. The quantitative estimate of drug-likeness (QED) is 0.782. The molecule has 4 heteroatoms. The molecular formula is C9H14N2OS. The predicted octanol–water partition coefficient (Wildman–Crippen LogP) is 0.970. The molecule has 0 spiro atoms. The average molecular weight is 198 g/mol. The van der Waals surface area contributed by atoms with Crippen molar-refractivity contribution in [3.63, 3.8) is 0 Å². The van der Waals surface area contributed by atoms with E-state index < -0.39 is 0 Å². The van der Waals surface area contributed by atoms with E-state index in [1.54, 1.807) is 0 Å². The highest BCUT2D eigenvalue weighted by Gasteiger charge is 2.19. The van der Waals surface area contributed by atoms with Gasteiger partial charge in [-0.15, -0.1) is 0 Å². The third-order valence-corrected chi connectivity index (χ3v) is 3.20. The van der Waals surface area contributed by atoms with Gasteiger partial charge in [0.2, 0.25) is 0 Å². The third-order valence-electron chi connectivity index (χ3n) is 2.32. The minimum absolute atomic E-state index is 0.162. The van der Waals surface area contributed by atoms with E-state index in [0.29, 0.717) is 0 Å². The molecule has 0 unspecified atom stereocenters. The second-order valence-electron chi connectivity index (χ2n) is 3.52. The lowest BCUT2D eigenvalue weighted by molar-refractivity contribution is 0.581. The van der Waals surface area contributed by atoms with E-state index in [1.807, 2.05) is 16.9 Å². The van der Waals surface area contributed by atoms with Crippen LogP contribution in [0.15, 0.2) is 10.2 Å². The topological polar surface area (TPSA) is 34.0 Å². The van der Waals surface area contributed by atoms with Crippen molar-refractivity contribution in [2.75, 3.05) is 6.54 Å². The molecule has 72 valence electrons. The van der Waals surface area contributed by atoms with Gasteiger partial charge in [0, 0.05) is 30.2 Å². The number of aryl methyl sites for hydroxylation is 1. The van der Waals surface area contributed by atoms with Crippen LogP contribution in [-0.4, -0.2) is 17.2 Å². The lowest BCUT2D eigenvalue weighted by Gasteiger charge is -2.04. The molecule has 0 radical (unpaired) electrons. The minimum Gasteiger partial charge on any atom is -0.312 e. The summed E-state index contributed by atoms with van der Waals surface area (Å²) in [6.45, 7) is 3.71. The van der Waals surface area contributed by atoms with Gasteiger partial charge in [0.25, 0.3) is 0 Å². The van der Waals surface area contributed by atoms with E-state index >= 15 is 0 Å². The fourth-order valence-corrected chi connectivity index (χ4v) is 2.10. The van der Waals surface area contributed by atoms with Crippen LogP contribution < -0.4 is 10.2 Å². The normalized spacial score (nSPS) is 16.4. The van der Waals surface area contributed by atoms with Gasteiger partial charge in [-0.3, -0.25) is 4.79 Å². The standard InChI is InChI=1S/C9H14N2OS/c1-7-6-13-9(12)11(7)5-4-10-8-2-3-8/h6,8,10H,2-5H2,1H3. The van der Waals surface area contributed by atoms with Gasteiger partial charge in [0.1, 0.15) is 0 Å². The Hall–Kier alpha value is -0.610. The zero-order valence-electron chi connectivity index (χ0n) is 7.75. The molecule has 0 aliphatic heterocycles. The molecule has 0 bridgehead atoms. The van der Waals surface area contributed by atoms with Crippen molar-refractivity contribution in [2.24, 2.45) is 0 Å². The number of nitrogens with zero attached hydrogens (tertiary/aromatic N) is 1. The van der Waals surface area contributed by atoms with Gasteiger partial charge in [-0.25, -0.2) is 0 Å². The number of aromatic nitrogens is 1. The molecule has 1 N–H and O–H groups in total. The molecule has 1 aliphatic rings. The Morgan fingerprint density at radius 2 is 2.46 bits per heavy atom. The molecule has 0 aromatic carbocycles. The molecule has 1 saturated carbocycles. The Morgan fingerprint density at radius 1 is 1.69 bits per heavy atom. The van der Waals surface area contributed by atoms with Crippen molar-refractivity contribution in [3.05, 3.63) is 20.7 Å². The van der Waals surface area contributed by atoms with E-state index in [4.69, 9.17) is 0 Å². The summed E-state index contributed by atoms with van der Waals surface area (Å²) in [4.78, 5) is 11.4. The Kier molecular flexibility index (Phi) is 2.51. The fraction of sp³-hybridized carbons (Fsp3) is 0.667. The number of rotatable bonds is 4. The molecule has 1 aliphatic carbocycles. The van der Waals surface area contributed by atoms with Crippen molar-refractivity contribution < 1.29 is 0 Å². The van der Waals surface area contributed by atoms with Gasteiger partial charge >= 0.3 is 4.87 Å². The molecule has 1 aromatic heterocycles. The first-order valence-electron chi connectivity index (χ1n) is 4.65. The highest BCUT2D eigenvalue weighted by Crippen LogP contribution is 2.18. The summed E-state index contributed by atoms with van der Waals surface area (Å²) in [7, 11) is 0. The number of thiazole rings is 1. The number of nitrogens with one attached hydrogen (secondary N) is 1. The summed E-state index contributed by atoms with van der Waals surface area (Å²) in [5.41, 5.74) is 1.08. The highest BCUT2D eigenvalue weighted by molar-refractivity contribution is 7.07. The Balaban J connectivity index is 1.88. The first kappa shape index (κ1) is 8.97. The first-order chi connectivity index (χ1) is 6.27. The summed E-state index contributed by atoms with van der Waals surface area (Å²) >= 11 is 1.29. The van der Waals surface area contributed by atoms with Gasteiger partial charge in [-0.2, -0.15) is 0 Å². The first-order valence-corrected chi connectivity index (χ1v) is 5.53. The van der Waals surface area contributed by atoms with Crippen LogP contribution in [0.5, 0.6) is 0 Å². The van der Waals surface area contributed by atoms with Gasteiger partial charge in [-0.1, -0.05) is 11.3 Å². The molecule has 0 atom stereocenters. The summed E-state index contributed by atoms with van der Waals surface area (Å²) in [5, 5.41) is 5.31. The fourth-order valence-electron chi connectivity index (χ4n) is 1.34. The average Bonchev–Trinajstić information content (AvgIpc) is 2.86. The van der Waals surface area contributed by atoms with Gasteiger partial charge < -0.3 is 9.88 Å². The Morgan fingerprint density at radius 3 is 3.00 bits per heavy atom. The Labute approximate surface area is 81.4 Å². The van der Waals surface area contributed by atoms with Crippen LogP contribution in [0.2, 0.25) is 0 Å². The number of hydrogen-bond donors (Lipinski definition) is 1. The van der Waals surface area contributed by atoms with E-state index in [9.17, 15) is 4.79 Å². The summed E-state index contributed by atoms with van der Waals surface area (Å²) in [5.74, 6) is 0. The summed E-state index contributed by atoms with van der Waals surface area (Å²) in [6.07, 6.45) is 2.61. The van der Waals surface area contributed by atoms with Crippen molar-refractivity contribution in [1.29, 1.82) is 0 Å². The monoisotopic (exact) mass is 198 g/mol. The smallest absolute Gasteiger partial charge is 0.307 e. The van der Waals surface area contributed by atoms with Crippen LogP contribution in [0.1, 0.15) is 18.5 Å². The van der Waals surface area contributed by atoms with Crippen molar-refractivity contribution in [1.82, 2.24) is 9.88 Å². The summed E-state index contributed by atoms with van der Waals surface area (Å²) in [6, 6.07) is 0.731. The molecule has 13 heavy (non-hydrogen) atoms. The van der Waals surface area contributed by atoms with Gasteiger partial charge in [0.05, 0.1) is 0 Å². The van der Waals surface area contributed by atoms with Crippen molar-refractivity contribution in [3.8, 4) is 0 Å². The van der Waals surface area contributed by atoms with Crippen LogP contribution in [0.3, 0.4) is 0 Å². The molecule has 2 rings (SSSR count). The molecular weight excluding hydrogens is 184 g/mol. The van der Waals surface area contributed by atoms with Crippen molar-refractivity contribution >= 4 is 11.3 Å². The second-order valence-corrected chi connectivity index (χ2v) is 4.34. The molecule has 1 fully saturated rings. The van der Waals surface area contributed by atoms with E-state index in [1.165, 1.54) is 24.2 Å². The second kappa shape index (κ2) is 3.64. The molecule has 1 heterocycles. The van der Waals surface area contributed by atoms with Crippen LogP contribution in [-0.2, 0) is 6.54 Å². The molecule has 0 saturated heterocycles. The minimum atomic E-state index is 0.162. The zero-order chi connectivity index (χ0) is 9.26. The maximum atomic E-state index is 11.3. The SMILES string of the molecule is Cc1csc(=O)n1CCNC1CC1. The van der Waals surface area contributed by atoms with E-state index in [0.717, 1.165) is 24.8 Å². The van der Waals surface area contributed by atoms with Crippen molar-refractivity contribution in [2.45, 2.75) is 32.4 Å². The zero-order valence-corrected chi connectivity index (χ0v) is 8.56. The maximum Gasteiger partial charge on any atom is 0.307 e. The van der Waals surface area contributed by atoms with Gasteiger partial charge in [0.15, 0.2) is 0 Å². The number of hydrogen-bond acceptors (Lipinski definition) is 3. The molecule has 0 amide bonds. The van der Waals surface area contributed by atoms with E-state index in [2.05, 4.69) is 5.32 Å². The highest BCUT2D eigenvalue weighted by atomic mass is 32.1. The van der Waals surface area contributed by atoms with Crippen LogP contribution in [0.25, 0.3) is 0 Å². The van der Waals surface area contributed by atoms with Crippen LogP contribution in [0, 0.1) is 6.92 Å². The maximum absolute atomic E-state index is 11.3. The van der Waals surface area contributed by atoms with Gasteiger partial charge in [-0.05, 0) is 19.8 Å². The van der Waals surface area contributed by atoms with E-state index in [-0.39, 0.29) is 4.87 Å². The largest absolute Gasteiger partial charge is 0.312 e. The lowest BCUT2D eigenvalue weighted by atomic mass is 10.5. The molecule has 1 aromatic rings. The molecule has 3 nitrogen and oxygen atoms in total. The Bertz CT molecular complexity index is 338. The third kappa shape index (κ3) is 2.19. The predicted molar refractivity (Wildman–Crippen MR) is 54.3 cm³/mol. The van der Waals surface area contributed by atoms with Crippen LogP contribution in [0.4, 0.5) is 0 Å². The lowest BCUT2D eigenvalue weighted by Crippen LogP contribution is -2.26. The van der Waals surface area contributed by atoms with Crippen LogP contribution >= 0.6 is 11.3 Å².